The van der Waals surface area contributed by atoms with Gasteiger partial charge in [0.1, 0.15) is 5.82 Å². The lowest BCUT2D eigenvalue weighted by atomic mass is 9.98. The molecule has 0 spiro atoms. The van der Waals surface area contributed by atoms with Crippen LogP contribution in [0.5, 0.6) is 0 Å². The standard InChI is InChI=1S/C11H21N3/c1-7(2)6-9-10(8(3)4)11(12)14(5)13-9/h7-8H,6,12H2,1-5H3. The minimum absolute atomic E-state index is 0.456. The summed E-state index contributed by atoms with van der Waals surface area (Å²) in [4.78, 5) is 0. The van der Waals surface area contributed by atoms with Crippen LogP contribution in [-0.4, -0.2) is 9.78 Å². The van der Waals surface area contributed by atoms with Gasteiger partial charge in [-0.1, -0.05) is 27.7 Å². The van der Waals surface area contributed by atoms with Gasteiger partial charge in [-0.2, -0.15) is 5.10 Å². The Morgan fingerprint density at radius 1 is 1.29 bits per heavy atom. The van der Waals surface area contributed by atoms with Crippen LogP contribution in [0.2, 0.25) is 0 Å². The SMILES string of the molecule is CC(C)Cc1nn(C)c(N)c1C(C)C. The molecule has 80 valence electrons. The van der Waals surface area contributed by atoms with E-state index in [9.17, 15) is 0 Å². The molecule has 3 nitrogen and oxygen atoms in total. The van der Waals surface area contributed by atoms with E-state index in [4.69, 9.17) is 5.73 Å². The Morgan fingerprint density at radius 3 is 2.29 bits per heavy atom. The predicted octanol–water partition coefficient (Wildman–Crippen LogP) is 2.32. The van der Waals surface area contributed by atoms with Crippen molar-refractivity contribution >= 4 is 5.82 Å². The molecule has 0 unspecified atom stereocenters. The van der Waals surface area contributed by atoms with Crippen molar-refractivity contribution in [2.75, 3.05) is 5.73 Å². The molecule has 0 saturated heterocycles. The van der Waals surface area contributed by atoms with Crippen molar-refractivity contribution in [2.45, 2.75) is 40.0 Å². The first-order valence-electron chi connectivity index (χ1n) is 5.24. The second-order valence-corrected chi connectivity index (χ2v) is 4.62. The van der Waals surface area contributed by atoms with Crippen molar-refractivity contribution < 1.29 is 0 Å². The molecule has 0 amide bonds. The lowest BCUT2D eigenvalue weighted by Gasteiger charge is -2.08. The fraction of sp³-hybridized carbons (Fsp3) is 0.727. The zero-order valence-corrected chi connectivity index (χ0v) is 9.83. The number of nitrogen functional groups attached to an aromatic ring is 1. The molecule has 3 heteroatoms. The number of hydrogen-bond donors (Lipinski definition) is 1. The van der Waals surface area contributed by atoms with E-state index in [1.807, 2.05) is 7.05 Å². The second-order valence-electron chi connectivity index (χ2n) is 4.62. The van der Waals surface area contributed by atoms with E-state index in [1.54, 1.807) is 4.68 Å². The van der Waals surface area contributed by atoms with Crippen LogP contribution >= 0.6 is 0 Å². The smallest absolute Gasteiger partial charge is 0.125 e. The normalized spacial score (nSPS) is 11.6. The van der Waals surface area contributed by atoms with Crippen molar-refractivity contribution in [3.63, 3.8) is 0 Å². The summed E-state index contributed by atoms with van der Waals surface area (Å²) in [6.45, 7) is 8.73. The van der Waals surface area contributed by atoms with E-state index in [-0.39, 0.29) is 0 Å². The molecule has 0 atom stereocenters. The average Bonchev–Trinajstić information content (AvgIpc) is 2.26. The Bertz CT molecular complexity index is 311. The van der Waals surface area contributed by atoms with Crippen molar-refractivity contribution in [3.05, 3.63) is 11.3 Å². The van der Waals surface area contributed by atoms with Gasteiger partial charge in [-0.3, -0.25) is 4.68 Å². The highest BCUT2D eigenvalue weighted by Gasteiger charge is 2.17. The maximum atomic E-state index is 5.98. The van der Waals surface area contributed by atoms with Gasteiger partial charge in [-0.05, 0) is 18.3 Å². The van der Waals surface area contributed by atoms with Gasteiger partial charge in [-0.25, -0.2) is 0 Å². The lowest BCUT2D eigenvalue weighted by Crippen LogP contribution is -2.01. The number of rotatable bonds is 3. The van der Waals surface area contributed by atoms with E-state index < -0.39 is 0 Å². The van der Waals surface area contributed by atoms with Crippen LogP contribution in [0.15, 0.2) is 0 Å². The minimum Gasteiger partial charge on any atom is -0.384 e. The number of hydrogen-bond acceptors (Lipinski definition) is 2. The Balaban J connectivity index is 3.09. The molecule has 1 heterocycles. The highest BCUT2D eigenvalue weighted by molar-refractivity contribution is 5.45. The first-order chi connectivity index (χ1) is 6.43. The van der Waals surface area contributed by atoms with E-state index in [1.165, 1.54) is 5.56 Å². The third-order valence-corrected chi connectivity index (χ3v) is 2.39. The average molecular weight is 195 g/mol. The highest BCUT2D eigenvalue weighted by Crippen LogP contribution is 2.26. The maximum absolute atomic E-state index is 5.98. The zero-order valence-electron chi connectivity index (χ0n) is 9.83. The second kappa shape index (κ2) is 4.03. The summed E-state index contributed by atoms with van der Waals surface area (Å²) in [6.07, 6.45) is 1.01. The van der Waals surface area contributed by atoms with Gasteiger partial charge in [-0.15, -0.1) is 0 Å². The molecule has 0 aromatic carbocycles. The topological polar surface area (TPSA) is 43.8 Å². The van der Waals surface area contributed by atoms with E-state index in [0.29, 0.717) is 11.8 Å². The summed E-state index contributed by atoms with van der Waals surface area (Å²) in [5.41, 5.74) is 8.37. The number of anilines is 1. The van der Waals surface area contributed by atoms with Crippen LogP contribution in [0.1, 0.15) is 44.9 Å². The number of aryl methyl sites for hydroxylation is 1. The summed E-state index contributed by atoms with van der Waals surface area (Å²) < 4.78 is 1.78. The summed E-state index contributed by atoms with van der Waals surface area (Å²) in [5.74, 6) is 1.90. The molecule has 0 radical (unpaired) electrons. The number of aromatic nitrogens is 2. The van der Waals surface area contributed by atoms with Crippen LogP contribution in [0.3, 0.4) is 0 Å². The van der Waals surface area contributed by atoms with Crippen molar-refractivity contribution in [2.24, 2.45) is 13.0 Å². The molecule has 1 rings (SSSR count). The quantitative estimate of drug-likeness (QED) is 0.804. The minimum atomic E-state index is 0.456. The van der Waals surface area contributed by atoms with E-state index >= 15 is 0 Å². The first kappa shape index (κ1) is 11.1. The summed E-state index contributed by atoms with van der Waals surface area (Å²) in [6, 6.07) is 0. The molecule has 0 aliphatic heterocycles. The largest absolute Gasteiger partial charge is 0.384 e. The third-order valence-electron chi connectivity index (χ3n) is 2.39. The Kier molecular flexibility index (Phi) is 3.19. The van der Waals surface area contributed by atoms with Gasteiger partial charge in [0.15, 0.2) is 0 Å². The number of nitrogens with zero attached hydrogens (tertiary/aromatic N) is 2. The summed E-state index contributed by atoms with van der Waals surface area (Å²) in [5, 5.41) is 4.46. The van der Waals surface area contributed by atoms with Crippen LogP contribution in [0.25, 0.3) is 0 Å². The van der Waals surface area contributed by atoms with Gasteiger partial charge in [0.2, 0.25) is 0 Å². The summed E-state index contributed by atoms with van der Waals surface area (Å²) >= 11 is 0. The molecular formula is C11H21N3. The lowest BCUT2D eigenvalue weighted by molar-refractivity contribution is 0.615. The predicted molar refractivity (Wildman–Crippen MR) is 60.3 cm³/mol. The van der Waals surface area contributed by atoms with Gasteiger partial charge in [0.25, 0.3) is 0 Å². The Hall–Kier alpha value is -0.990. The first-order valence-corrected chi connectivity index (χ1v) is 5.24. The zero-order chi connectivity index (χ0) is 10.9. The Labute approximate surface area is 86.3 Å². The Morgan fingerprint density at radius 2 is 1.86 bits per heavy atom. The molecule has 0 bridgehead atoms. The van der Waals surface area contributed by atoms with Gasteiger partial charge >= 0.3 is 0 Å². The fourth-order valence-corrected chi connectivity index (χ4v) is 1.78. The van der Waals surface area contributed by atoms with E-state index in [0.717, 1.165) is 17.9 Å². The summed E-state index contributed by atoms with van der Waals surface area (Å²) in [7, 11) is 1.91. The third kappa shape index (κ3) is 2.08. The van der Waals surface area contributed by atoms with Crippen molar-refractivity contribution in [1.82, 2.24) is 9.78 Å². The van der Waals surface area contributed by atoms with Gasteiger partial charge in [0.05, 0.1) is 5.69 Å². The molecule has 2 N–H and O–H groups in total. The maximum Gasteiger partial charge on any atom is 0.125 e. The van der Waals surface area contributed by atoms with Crippen molar-refractivity contribution in [3.8, 4) is 0 Å². The fourth-order valence-electron chi connectivity index (χ4n) is 1.78. The molecule has 14 heavy (non-hydrogen) atoms. The number of nitrogens with two attached hydrogens (primary N) is 1. The van der Waals surface area contributed by atoms with Crippen LogP contribution in [0, 0.1) is 5.92 Å². The van der Waals surface area contributed by atoms with E-state index in [2.05, 4.69) is 32.8 Å². The molecule has 0 aliphatic rings. The van der Waals surface area contributed by atoms with Crippen LogP contribution in [0.4, 0.5) is 5.82 Å². The van der Waals surface area contributed by atoms with Gasteiger partial charge < -0.3 is 5.73 Å². The van der Waals surface area contributed by atoms with Crippen LogP contribution < -0.4 is 5.73 Å². The molecular weight excluding hydrogens is 174 g/mol. The highest BCUT2D eigenvalue weighted by atomic mass is 15.3. The van der Waals surface area contributed by atoms with Crippen LogP contribution in [-0.2, 0) is 13.5 Å². The molecule has 0 aliphatic carbocycles. The molecule has 1 aromatic rings. The molecule has 1 aromatic heterocycles. The molecule has 0 fully saturated rings. The monoisotopic (exact) mass is 195 g/mol. The molecule has 0 saturated carbocycles. The van der Waals surface area contributed by atoms with Gasteiger partial charge in [0, 0.05) is 12.6 Å². The van der Waals surface area contributed by atoms with Crippen molar-refractivity contribution in [1.29, 1.82) is 0 Å².